The number of hydrogen-bond donors (Lipinski definition) is 2. The van der Waals surface area contributed by atoms with Crippen molar-refractivity contribution in [3.63, 3.8) is 0 Å². The molecule has 1 atom stereocenters. The van der Waals surface area contributed by atoms with Crippen LogP contribution < -0.4 is 5.32 Å². The van der Waals surface area contributed by atoms with Gasteiger partial charge in [0, 0.05) is 16.8 Å². The van der Waals surface area contributed by atoms with Gasteiger partial charge < -0.3 is 10.4 Å². The lowest BCUT2D eigenvalue weighted by Crippen LogP contribution is -2.10. The van der Waals surface area contributed by atoms with Crippen LogP contribution in [-0.4, -0.2) is 21.0 Å². The molecular formula is C24H19Cl2N3O2S. The van der Waals surface area contributed by atoms with Gasteiger partial charge in [-0.05, 0) is 53.4 Å². The molecule has 0 aliphatic carbocycles. The van der Waals surface area contributed by atoms with Crippen molar-refractivity contribution in [3.05, 3.63) is 87.5 Å². The van der Waals surface area contributed by atoms with Crippen molar-refractivity contribution in [1.29, 1.82) is 0 Å². The number of carboxylic acid groups (broad SMARTS) is 1. The highest BCUT2D eigenvalue weighted by Gasteiger charge is 2.25. The fourth-order valence-corrected chi connectivity index (χ4v) is 4.79. The molecule has 0 spiro atoms. The molecule has 0 aliphatic rings. The molecule has 0 saturated carbocycles. The number of thioether (sulfide) groups is 1. The van der Waals surface area contributed by atoms with E-state index in [2.05, 4.69) is 15.3 Å². The topological polar surface area (TPSA) is 75.1 Å². The van der Waals surface area contributed by atoms with Crippen LogP contribution in [0.1, 0.15) is 21.9 Å². The highest BCUT2D eigenvalue weighted by molar-refractivity contribution is 8.00. The summed E-state index contributed by atoms with van der Waals surface area (Å²) in [4.78, 5) is 20.9. The molecule has 32 heavy (non-hydrogen) atoms. The van der Waals surface area contributed by atoms with Crippen molar-refractivity contribution in [2.75, 3.05) is 5.32 Å². The summed E-state index contributed by atoms with van der Waals surface area (Å²) in [7, 11) is 0. The Hall–Kier alpha value is -2.80. The molecule has 0 amide bonds. The fourth-order valence-electron chi connectivity index (χ4n) is 3.41. The van der Waals surface area contributed by atoms with E-state index >= 15 is 0 Å². The number of rotatable bonds is 6. The van der Waals surface area contributed by atoms with Gasteiger partial charge in [0.15, 0.2) is 5.16 Å². The van der Waals surface area contributed by atoms with Crippen molar-refractivity contribution in [3.8, 4) is 0 Å². The van der Waals surface area contributed by atoms with E-state index in [0.29, 0.717) is 16.4 Å². The maximum Gasteiger partial charge on any atom is 0.321 e. The van der Waals surface area contributed by atoms with E-state index in [4.69, 9.17) is 23.2 Å². The summed E-state index contributed by atoms with van der Waals surface area (Å²) in [5.74, 6) is -0.506. The van der Waals surface area contributed by atoms with Crippen LogP contribution >= 0.6 is 35.0 Å². The van der Waals surface area contributed by atoms with Gasteiger partial charge in [-0.3, -0.25) is 4.79 Å². The number of nitrogens with zero attached hydrogens (tertiary/aromatic N) is 2. The molecule has 0 radical (unpaired) electrons. The van der Waals surface area contributed by atoms with E-state index < -0.39 is 11.2 Å². The quantitative estimate of drug-likeness (QED) is 0.171. The van der Waals surface area contributed by atoms with Crippen LogP contribution in [0.5, 0.6) is 0 Å². The first kappa shape index (κ1) is 22.4. The zero-order chi connectivity index (χ0) is 22.8. The second-order valence-electron chi connectivity index (χ2n) is 7.23. The van der Waals surface area contributed by atoms with Gasteiger partial charge in [-0.15, -0.1) is 0 Å². The predicted octanol–water partition coefficient (Wildman–Crippen LogP) is 7.22. The molecule has 2 N–H and O–H groups in total. The molecule has 3 aromatic carbocycles. The van der Waals surface area contributed by atoms with Gasteiger partial charge in [0.25, 0.3) is 0 Å². The third-order valence-corrected chi connectivity index (χ3v) is 6.90. The molecule has 8 heteroatoms. The molecular weight excluding hydrogens is 465 g/mol. The predicted molar refractivity (Wildman–Crippen MR) is 131 cm³/mol. The monoisotopic (exact) mass is 483 g/mol. The van der Waals surface area contributed by atoms with E-state index in [1.165, 1.54) is 0 Å². The number of fused-ring (bicyclic) bond motifs is 1. The first-order valence-electron chi connectivity index (χ1n) is 9.78. The lowest BCUT2D eigenvalue weighted by atomic mass is 10.0. The van der Waals surface area contributed by atoms with Crippen LogP contribution in [0, 0.1) is 13.8 Å². The van der Waals surface area contributed by atoms with Crippen LogP contribution in [-0.2, 0) is 4.79 Å². The number of benzene rings is 3. The zero-order valence-corrected chi connectivity index (χ0v) is 19.6. The van der Waals surface area contributed by atoms with E-state index in [0.717, 1.165) is 39.3 Å². The Labute approximate surface area is 199 Å². The minimum Gasteiger partial charge on any atom is -0.480 e. The Bertz CT molecular complexity index is 1320. The standard InChI is InChI=1S/C24H19Cl2N3O2S/c1-13-14(2)19(11-10-18(13)25)27-21-12-20(26)28-24(29-21)32-22(23(30)31)17-9-5-7-15-6-3-4-8-16(15)17/h3-12,22H,1-2H3,(H,30,31)(H,27,28,29). The van der Waals surface area contributed by atoms with E-state index in [1.54, 1.807) is 6.07 Å². The second kappa shape index (κ2) is 9.36. The number of anilines is 2. The highest BCUT2D eigenvalue weighted by Crippen LogP contribution is 2.38. The van der Waals surface area contributed by atoms with Gasteiger partial charge in [-0.1, -0.05) is 77.4 Å². The Kier molecular flexibility index (Phi) is 6.55. The highest BCUT2D eigenvalue weighted by atomic mass is 35.5. The molecule has 0 bridgehead atoms. The summed E-state index contributed by atoms with van der Waals surface area (Å²) >= 11 is 13.5. The van der Waals surface area contributed by atoms with Gasteiger partial charge in [-0.2, -0.15) is 0 Å². The smallest absolute Gasteiger partial charge is 0.321 e. The van der Waals surface area contributed by atoms with Gasteiger partial charge in [0.05, 0.1) is 0 Å². The third kappa shape index (κ3) is 4.67. The average Bonchev–Trinajstić information content (AvgIpc) is 2.77. The molecule has 4 rings (SSSR count). The van der Waals surface area contributed by atoms with Crippen molar-refractivity contribution in [1.82, 2.24) is 9.97 Å². The number of nitrogens with one attached hydrogen (secondary N) is 1. The number of carboxylic acids is 1. The molecule has 0 aliphatic heterocycles. The van der Waals surface area contributed by atoms with E-state index in [1.807, 2.05) is 68.4 Å². The van der Waals surface area contributed by atoms with Crippen molar-refractivity contribution < 1.29 is 9.90 Å². The number of hydrogen-bond acceptors (Lipinski definition) is 5. The summed E-state index contributed by atoms with van der Waals surface area (Å²) < 4.78 is 0. The van der Waals surface area contributed by atoms with E-state index in [9.17, 15) is 9.90 Å². The van der Waals surface area contributed by atoms with Crippen molar-refractivity contribution in [2.24, 2.45) is 0 Å². The van der Waals surface area contributed by atoms with Crippen molar-refractivity contribution >= 4 is 63.2 Å². The van der Waals surface area contributed by atoms with E-state index in [-0.39, 0.29) is 10.3 Å². The maximum absolute atomic E-state index is 12.2. The lowest BCUT2D eigenvalue weighted by Gasteiger charge is -2.16. The third-order valence-electron chi connectivity index (χ3n) is 5.21. The number of aromatic nitrogens is 2. The lowest BCUT2D eigenvalue weighted by molar-refractivity contribution is -0.136. The summed E-state index contributed by atoms with van der Waals surface area (Å²) in [6.07, 6.45) is 0. The van der Waals surface area contributed by atoms with Crippen molar-refractivity contribution in [2.45, 2.75) is 24.3 Å². The minimum absolute atomic E-state index is 0.218. The zero-order valence-electron chi connectivity index (χ0n) is 17.3. The number of aliphatic carboxylic acids is 1. The molecule has 0 saturated heterocycles. The molecule has 5 nitrogen and oxygen atoms in total. The minimum atomic E-state index is -0.978. The second-order valence-corrected chi connectivity index (χ2v) is 9.10. The summed E-state index contributed by atoms with van der Waals surface area (Å²) in [5.41, 5.74) is 3.47. The Balaban J connectivity index is 1.68. The van der Waals surface area contributed by atoms with Crippen LogP contribution in [0.15, 0.2) is 65.8 Å². The van der Waals surface area contributed by atoms with Gasteiger partial charge >= 0.3 is 5.97 Å². The normalized spacial score (nSPS) is 12.0. The molecule has 1 unspecified atom stereocenters. The van der Waals surface area contributed by atoms with Crippen LogP contribution in [0.3, 0.4) is 0 Å². The van der Waals surface area contributed by atoms with Gasteiger partial charge in [0.2, 0.25) is 0 Å². The summed E-state index contributed by atoms with van der Waals surface area (Å²) in [5, 5.41) is 15.3. The first-order chi connectivity index (χ1) is 15.3. The first-order valence-corrected chi connectivity index (χ1v) is 11.4. The molecule has 1 aromatic heterocycles. The van der Waals surface area contributed by atoms with Crippen LogP contribution in [0.2, 0.25) is 10.2 Å². The van der Waals surface area contributed by atoms with Crippen LogP contribution in [0.4, 0.5) is 11.5 Å². The largest absolute Gasteiger partial charge is 0.480 e. The average molecular weight is 484 g/mol. The number of carbonyl (C=O) groups is 1. The molecule has 1 heterocycles. The Morgan fingerprint density at radius 1 is 1.00 bits per heavy atom. The van der Waals surface area contributed by atoms with Crippen LogP contribution in [0.25, 0.3) is 10.8 Å². The Morgan fingerprint density at radius 2 is 1.75 bits per heavy atom. The van der Waals surface area contributed by atoms with Gasteiger partial charge in [0.1, 0.15) is 16.2 Å². The molecule has 4 aromatic rings. The molecule has 0 fully saturated rings. The Morgan fingerprint density at radius 3 is 2.53 bits per heavy atom. The molecule has 162 valence electrons. The SMILES string of the molecule is Cc1c(Cl)ccc(Nc2cc(Cl)nc(SC(C(=O)O)c3cccc4ccccc34)n2)c1C. The van der Waals surface area contributed by atoms with Gasteiger partial charge in [-0.25, -0.2) is 9.97 Å². The number of halogens is 2. The fraction of sp³-hybridized carbons (Fsp3) is 0.125. The summed E-state index contributed by atoms with van der Waals surface area (Å²) in [6.45, 7) is 3.90. The maximum atomic E-state index is 12.2. The summed E-state index contributed by atoms with van der Waals surface area (Å²) in [6, 6.07) is 18.6.